The number of ether oxygens (including phenoxy) is 2. The van der Waals surface area contributed by atoms with Gasteiger partial charge < -0.3 is 15.2 Å². The van der Waals surface area contributed by atoms with Crippen LogP contribution in [-0.4, -0.2) is 30.2 Å². The van der Waals surface area contributed by atoms with E-state index in [2.05, 4.69) is 15.3 Å². The molecule has 1 heterocycles. The summed E-state index contributed by atoms with van der Waals surface area (Å²) in [5, 5.41) is 13.3. The van der Waals surface area contributed by atoms with Gasteiger partial charge in [-0.25, -0.2) is 22.0 Å². The summed E-state index contributed by atoms with van der Waals surface area (Å²) in [6, 6.07) is 17.2. The molecule has 1 amide bonds. The maximum Gasteiger partial charge on any atom is 0.412 e. The van der Waals surface area contributed by atoms with E-state index in [0.29, 0.717) is 16.7 Å². The molecule has 3 aromatic carbocycles. The van der Waals surface area contributed by atoms with Crippen LogP contribution in [0.1, 0.15) is 5.56 Å². The second-order valence-electron chi connectivity index (χ2n) is 7.91. The molecule has 3 N–H and O–H groups in total. The SMILES string of the molecule is Cc1ccc(S(=O)(=O)n2ccc3cc(Oc4c(Cl)cc(NN=C(C#N)C(=O)OC(N)=O)cc4Cl)ccc32)cc1. The van der Waals surface area contributed by atoms with Crippen LogP contribution in [0, 0.1) is 18.3 Å². The van der Waals surface area contributed by atoms with Crippen molar-refractivity contribution >= 4 is 67.6 Å². The number of nitrogens with two attached hydrogens (primary N) is 1. The number of primary amides is 1. The minimum absolute atomic E-state index is 0.0537. The number of hydrazone groups is 1. The number of halogens is 2. The average molecular weight is 586 g/mol. The maximum absolute atomic E-state index is 13.1. The van der Waals surface area contributed by atoms with E-state index in [1.54, 1.807) is 48.5 Å². The molecule has 0 atom stereocenters. The predicted octanol–water partition coefficient (Wildman–Crippen LogP) is 5.20. The summed E-state index contributed by atoms with van der Waals surface area (Å²) >= 11 is 12.7. The highest BCUT2D eigenvalue weighted by Crippen LogP contribution is 2.39. The molecule has 0 aliphatic heterocycles. The topological polar surface area (TPSA) is 166 Å². The van der Waals surface area contributed by atoms with Crippen LogP contribution in [0.25, 0.3) is 10.9 Å². The van der Waals surface area contributed by atoms with Gasteiger partial charge in [-0.15, -0.1) is 0 Å². The third-order valence-electron chi connectivity index (χ3n) is 5.21. The van der Waals surface area contributed by atoms with Crippen LogP contribution in [0.4, 0.5) is 10.5 Å². The molecule has 0 aliphatic carbocycles. The molecule has 198 valence electrons. The van der Waals surface area contributed by atoms with Gasteiger partial charge in [0.25, 0.3) is 10.0 Å². The number of esters is 1. The number of nitrogens with one attached hydrogen (secondary N) is 1. The number of rotatable bonds is 7. The summed E-state index contributed by atoms with van der Waals surface area (Å²) in [6.07, 6.45) is 0.0671. The van der Waals surface area contributed by atoms with E-state index < -0.39 is 27.8 Å². The second kappa shape index (κ2) is 11.0. The number of amides is 1. The van der Waals surface area contributed by atoms with Crippen molar-refractivity contribution in [3.05, 3.63) is 82.5 Å². The molecule has 14 heteroatoms. The Bertz CT molecular complexity index is 1770. The van der Waals surface area contributed by atoms with Gasteiger partial charge in [0.2, 0.25) is 5.71 Å². The van der Waals surface area contributed by atoms with E-state index in [-0.39, 0.29) is 26.4 Å². The smallest absolute Gasteiger partial charge is 0.412 e. The van der Waals surface area contributed by atoms with Crippen molar-refractivity contribution in [2.75, 3.05) is 5.43 Å². The zero-order chi connectivity index (χ0) is 28.3. The number of carbonyl (C=O) groups is 2. The van der Waals surface area contributed by atoms with Crippen molar-refractivity contribution in [1.29, 1.82) is 5.26 Å². The molecule has 11 nitrogen and oxygen atoms in total. The summed E-state index contributed by atoms with van der Waals surface area (Å²) in [6.45, 7) is 1.87. The highest BCUT2D eigenvalue weighted by Gasteiger charge is 2.20. The molecule has 0 aliphatic rings. The zero-order valence-electron chi connectivity index (χ0n) is 19.9. The lowest BCUT2D eigenvalue weighted by atomic mass is 10.2. The van der Waals surface area contributed by atoms with Gasteiger partial charge >= 0.3 is 12.1 Å². The van der Waals surface area contributed by atoms with E-state index in [0.717, 1.165) is 5.56 Å². The first kappa shape index (κ1) is 27.5. The van der Waals surface area contributed by atoms with Crippen molar-refractivity contribution in [2.45, 2.75) is 11.8 Å². The number of fused-ring (bicyclic) bond motifs is 1. The minimum Gasteiger partial charge on any atom is -0.454 e. The lowest BCUT2D eigenvalue weighted by Crippen LogP contribution is -2.24. The Morgan fingerprint density at radius 2 is 1.72 bits per heavy atom. The number of aryl methyl sites for hydroxylation is 1. The standard InChI is InChI=1S/C25H17Cl2N5O6S/c1-14-2-5-18(6-3-14)39(35,36)32-9-8-15-10-17(4-7-22(15)32)37-23-19(26)11-16(12-20(23)27)30-31-21(13-28)24(33)38-25(29)34/h2-12,30H,1H3,(H2,29,34). The van der Waals surface area contributed by atoms with E-state index in [9.17, 15) is 18.0 Å². The van der Waals surface area contributed by atoms with Gasteiger partial charge in [-0.2, -0.15) is 10.4 Å². The van der Waals surface area contributed by atoms with Gasteiger partial charge in [-0.3, -0.25) is 5.43 Å². The third kappa shape index (κ3) is 5.96. The molecule has 0 saturated heterocycles. The Labute approximate surface area is 232 Å². The molecule has 0 unspecified atom stereocenters. The van der Waals surface area contributed by atoms with Crippen LogP contribution in [-0.2, 0) is 19.6 Å². The molecule has 0 spiro atoms. The van der Waals surface area contributed by atoms with Gasteiger partial charge in [0.15, 0.2) is 5.75 Å². The molecular formula is C25H17Cl2N5O6S. The molecule has 4 aromatic rings. The summed E-state index contributed by atoms with van der Waals surface area (Å²) in [5.74, 6) is -0.922. The number of hydrogen-bond acceptors (Lipinski definition) is 9. The first-order valence-electron chi connectivity index (χ1n) is 10.9. The first-order valence-corrected chi connectivity index (χ1v) is 13.0. The van der Waals surface area contributed by atoms with Crippen LogP contribution in [0.5, 0.6) is 11.5 Å². The number of carbonyl (C=O) groups excluding carboxylic acids is 2. The van der Waals surface area contributed by atoms with Crippen LogP contribution in [0.15, 0.2) is 76.9 Å². The van der Waals surface area contributed by atoms with Crippen LogP contribution < -0.4 is 15.9 Å². The largest absolute Gasteiger partial charge is 0.454 e. The van der Waals surface area contributed by atoms with E-state index >= 15 is 0 Å². The second-order valence-corrected chi connectivity index (χ2v) is 10.5. The number of nitriles is 1. The van der Waals surface area contributed by atoms with Gasteiger partial charge in [0, 0.05) is 11.6 Å². The van der Waals surface area contributed by atoms with Crippen molar-refractivity contribution in [3.63, 3.8) is 0 Å². The average Bonchev–Trinajstić information content (AvgIpc) is 3.31. The summed E-state index contributed by atoms with van der Waals surface area (Å²) < 4.78 is 37.4. The van der Waals surface area contributed by atoms with Gasteiger partial charge in [0.1, 0.15) is 11.8 Å². The van der Waals surface area contributed by atoms with Crippen molar-refractivity contribution in [2.24, 2.45) is 10.8 Å². The lowest BCUT2D eigenvalue weighted by molar-refractivity contribution is -0.129. The molecule has 0 saturated carbocycles. The number of anilines is 1. The number of hydrogen-bond donors (Lipinski definition) is 2. The normalized spacial score (nSPS) is 11.6. The minimum atomic E-state index is -3.81. The van der Waals surface area contributed by atoms with Gasteiger partial charge in [-0.05, 0) is 55.5 Å². The maximum atomic E-state index is 13.1. The quantitative estimate of drug-likeness (QED) is 0.129. The van der Waals surface area contributed by atoms with Crippen molar-refractivity contribution in [1.82, 2.24) is 3.97 Å². The highest BCUT2D eigenvalue weighted by atomic mass is 35.5. The molecule has 0 fully saturated rings. The van der Waals surface area contributed by atoms with E-state index in [1.165, 1.54) is 28.4 Å². The zero-order valence-corrected chi connectivity index (χ0v) is 22.2. The van der Waals surface area contributed by atoms with E-state index in [4.69, 9.17) is 38.9 Å². The summed E-state index contributed by atoms with van der Waals surface area (Å²) in [4.78, 5) is 22.5. The Morgan fingerprint density at radius 1 is 1.05 bits per heavy atom. The molecule has 1 aromatic heterocycles. The molecule has 39 heavy (non-hydrogen) atoms. The fraction of sp³-hybridized carbons (Fsp3) is 0.0400. The third-order valence-corrected chi connectivity index (χ3v) is 7.48. The number of aromatic nitrogens is 1. The highest BCUT2D eigenvalue weighted by molar-refractivity contribution is 7.90. The molecule has 0 bridgehead atoms. The number of benzene rings is 3. The monoisotopic (exact) mass is 585 g/mol. The fourth-order valence-corrected chi connectivity index (χ4v) is 5.33. The Balaban J connectivity index is 1.57. The Hall–Kier alpha value is -4.57. The van der Waals surface area contributed by atoms with Crippen LogP contribution in [0.3, 0.4) is 0 Å². The van der Waals surface area contributed by atoms with Gasteiger partial charge in [0.05, 0.1) is 26.1 Å². The Kier molecular flexibility index (Phi) is 7.78. The van der Waals surface area contributed by atoms with Crippen molar-refractivity contribution < 1.29 is 27.5 Å². The Morgan fingerprint density at radius 3 is 2.33 bits per heavy atom. The molecular weight excluding hydrogens is 569 g/mol. The lowest BCUT2D eigenvalue weighted by Gasteiger charge is -2.12. The first-order chi connectivity index (χ1) is 18.5. The summed E-state index contributed by atoms with van der Waals surface area (Å²) in [5.41, 5.74) is 7.96. The fourth-order valence-electron chi connectivity index (χ4n) is 3.41. The van der Waals surface area contributed by atoms with Crippen molar-refractivity contribution in [3.8, 4) is 17.6 Å². The van der Waals surface area contributed by atoms with Gasteiger partial charge in [-0.1, -0.05) is 40.9 Å². The van der Waals surface area contributed by atoms with E-state index in [1.807, 2.05) is 6.92 Å². The molecule has 4 rings (SSSR count). The van der Waals surface area contributed by atoms with Crippen LogP contribution >= 0.6 is 23.2 Å². The number of nitrogens with zero attached hydrogens (tertiary/aromatic N) is 3. The predicted molar refractivity (Wildman–Crippen MR) is 145 cm³/mol. The summed E-state index contributed by atoms with van der Waals surface area (Å²) in [7, 11) is -3.81. The molecule has 0 radical (unpaired) electrons. The van der Waals surface area contributed by atoms with Crippen LogP contribution in [0.2, 0.25) is 10.0 Å².